The molecule has 1 N–H and O–H groups in total. The number of nitrogens with one attached hydrogen (secondary N) is 1. The van der Waals surface area contributed by atoms with E-state index >= 15 is 0 Å². The summed E-state index contributed by atoms with van der Waals surface area (Å²) >= 11 is 4.53. The molecule has 0 aromatic carbocycles. The fourth-order valence-electron chi connectivity index (χ4n) is 3.24. The molecule has 1 saturated carbocycles. The molecule has 0 spiro atoms. The Kier molecular flexibility index (Phi) is 5.97. The van der Waals surface area contributed by atoms with E-state index in [1.165, 1.54) is 28.5 Å². The number of halogens is 1. The number of hydrogen-bond donors (Lipinski definition) is 1. The molecule has 1 aromatic heterocycles. The molecule has 2 heterocycles. The van der Waals surface area contributed by atoms with Crippen LogP contribution in [0.25, 0.3) is 0 Å². The minimum absolute atomic E-state index is 0.0559. The lowest BCUT2D eigenvalue weighted by molar-refractivity contribution is -0.123. The second-order valence-corrected chi connectivity index (χ2v) is 10.9. The molecular weight excluding hydrogens is 414 g/mol. The normalized spacial score (nSPS) is 21.2. The van der Waals surface area contributed by atoms with E-state index in [1.807, 2.05) is 4.90 Å². The van der Waals surface area contributed by atoms with Crippen LogP contribution in [0.3, 0.4) is 0 Å². The van der Waals surface area contributed by atoms with Crippen LogP contribution in [0.2, 0.25) is 0 Å². The van der Waals surface area contributed by atoms with Gasteiger partial charge in [0.2, 0.25) is 5.91 Å². The maximum absolute atomic E-state index is 12.6. The van der Waals surface area contributed by atoms with Crippen LogP contribution in [-0.4, -0.2) is 62.3 Å². The third kappa shape index (κ3) is 4.37. The quantitative estimate of drug-likeness (QED) is 0.766. The molecule has 1 aliphatic carbocycles. The summed E-state index contributed by atoms with van der Waals surface area (Å²) in [6.45, 7) is 2.38. The molecule has 0 unspecified atom stereocenters. The zero-order valence-corrected chi connectivity index (χ0v) is 16.6. The molecule has 1 aliphatic heterocycles. The monoisotopic (exact) mass is 435 g/mol. The molecule has 0 bridgehead atoms. The summed E-state index contributed by atoms with van der Waals surface area (Å²) in [5, 5.41) is 3.08. The number of thiophene rings is 1. The molecule has 0 atom stereocenters. The molecule has 2 fully saturated rings. The van der Waals surface area contributed by atoms with E-state index in [1.54, 1.807) is 12.1 Å². The van der Waals surface area contributed by atoms with Crippen LogP contribution in [0.15, 0.2) is 20.1 Å². The number of rotatable bonds is 5. The number of amides is 1. The van der Waals surface area contributed by atoms with Crippen LogP contribution >= 0.6 is 27.3 Å². The van der Waals surface area contributed by atoms with Gasteiger partial charge in [-0.05, 0) is 40.9 Å². The van der Waals surface area contributed by atoms with Crippen molar-refractivity contribution >= 4 is 43.2 Å². The van der Waals surface area contributed by atoms with Gasteiger partial charge in [0.1, 0.15) is 4.21 Å². The summed E-state index contributed by atoms with van der Waals surface area (Å²) < 4.78 is 27.8. The molecule has 1 saturated heterocycles. The van der Waals surface area contributed by atoms with Crippen LogP contribution in [0.1, 0.15) is 25.7 Å². The van der Waals surface area contributed by atoms with Gasteiger partial charge in [-0.25, -0.2) is 8.42 Å². The third-order valence-electron chi connectivity index (χ3n) is 4.56. The SMILES string of the molecule is O=C(CN1CCN(S(=O)(=O)c2ccc(Br)s2)CC1)NC1CCCC1. The number of sulfonamides is 1. The largest absolute Gasteiger partial charge is 0.352 e. The standard InChI is InChI=1S/C15H22BrN3O3S2/c16-13-5-6-15(23-13)24(21,22)19-9-7-18(8-10-19)11-14(20)17-12-3-1-2-4-12/h5-6,12H,1-4,7-11H2,(H,17,20). The van der Waals surface area contributed by atoms with Crippen molar-refractivity contribution in [2.75, 3.05) is 32.7 Å². The Morgan fingerprint density at radius 1 is 1.21 bits per heavy atom. The van der Waals surface area contributed by atoms with Gasteiger partial charge in [0, 0.05) is 32.2 Å². The van der Waals surface area contributed by atoms with Crippen molar-refractivity contribution in [3.05, 3.63) is 15.9 Å². The van der Waals surface area contributed by atoms with Crippen molar-refractivity contribution in [2.45, 2.75) is 35.9 Å². The van der Waals surface area contributed by atoms with Gasteiger partial charge in [-0.2, -0.15) is 4.31 Å². The van der Waals surface area contributed by atoms with E-state index in [-0.39, 0.29) is 5.91 Å². The maximum Gasteiger partial charge on any atom is 0.252 e. The lowest BCUT2D eigenvalue weighted by Gasteiger charge is -2.33. The Labute approximate surface area is 155 Å². The average molecular weight is 436 g/mol. The van der Waals surface area contributed by atoms with E-state index in [4.69, 9.17) is 0 Å². The fourth-order valence-corrected chi connectivity index (χ4v) is 6.82. The van der Waals surface area contributed by atoms with Crippen LogP contribution in [0, 0.1) is 0 Å². The van der Waals surface area contributed by atoms with Gasteiger partial charge in [0.15, 0.2) is 0 Å². The van der Waals surface area contributed by atoms with Crippen molar-refractivity contribution in [3.63, 3.8) is 0 Å². The lowest BCUT2D eigenvalue weighted by atomic mass is 10.2. The Bertz CT molecular complexity index is 678. The average Bonchev–Trinajstić information content (AvgIpc) is 3.19. The second kappa shape index (κ2) is 7.82. The predicted molar refractivity (Wildman–Crippen MR) is 97.6 cm³/mol. The minimum Gasteiger partial charge on any atom is -0.352 e. The smallest absolute Gasteiger partial charge is 0.252 e. The molecule has 0 radical (unpaired) electrons. The Morgan fingerprint density at radius 3 is 2.46 bits per heavy atom. The van der Waals surface area contributed by atoms with Gasteiger partial charge in [-0.3, -0.25) is 9.69 Å². The molecule has 6 nitrogen and oxygen atoms in total. The highest BCUT2D eigenvalue weighted by Gasteiger charge is 2.30. The minimum atomic E-state index is -3.42. The van der Waals surface area contributed by atoms with Gasteiger partial charge >= 0.3 is 0 Å². The molecular formula is C15H22BrN3O3S2. The lowest BCUT2D eigenvalue weighted by Crippen LogP contribution is -2.51. The van der Waals surface area contributed by atoms with Crippen LogP contribution < -0.4 is 5.32 Å². The van der Waals surface area contributed by atoms with Gasteiger partial charge in [-0.15, -0.1) is 11.3 Å². The van der Waals surface area contributed by atoms with Gasteiger partial charge in [-0.1, -0.05) is 12.8 Å². The summed E-state index contributed by atoms with van der Waals surface area (Å²) in [4.78, 5) is 14.1. The molecule has 3 rings (SSSR count). The number of carbonyl (C=O) groups is 1. The first-order chi connectivity index (χ1) is 11.4. The van der Waals surface area contributed by atoms with Crippen LogP contribution in [0.4, 0.5) is 0 Å². The predicted octanol–water partition coefficient (Wildman–Crippen LogP) is 1.88. The van der Waals surface area contributed by atoms with Crippen molar-refractivity contribution in [1.82, 2.24) is 14.5 Å². The molecule has 1 amide bonds. The maximum atomic E-state index is 12.6. The fraction of sp³-hybridized carbons (Fsp3) is 0.667. The van der Waals surface area contributed by atoms with E-state index < -0.39 is 10.0 Å². The first-order valence-electron chi connectivity index (χ1n) is 8.22. The highest BCUT2D eigenvalue weighted by atomic mass is 79.9. The topological polar surface area (TPSA) is 69.7 Å². The Hall–Kier alpha value is -0.480. The number of nitrogens with zero attached hydrogens (tertiary/aromatic N) is 2. The van der Waals surface area contributed by atoms with Crippen molar-refractivity contribution < 1.29 is 13.2 Å². The van der Waals surface area contributed by atoms with Gasteiger partial charge < -0.3 is 5.32 Å². The van der Waals surface area contributed by atoms with E-state index in [2.05, 4.69) is 21.2 Å². The molecule has 2 aliphatic rings. The molecule has 1 aromatic rings. The summed E-state index contributed by atoms with van der Waals surface area (Å²) in [5.41, 5.74) is 0. The first-order valence-corrected chi connectivity index (χ1v) is 11.3. The summed E-state index contributed by atoms with van der Waals surface area (Å²) in [6, 6.07) is 3.71. The van der Waals surface area contributed by atoms with Gasteiger partial charge in [0.25, 0.3) is 10.0 Å². The van der Waals surface area contributed by atoms with Crippen LogP contribution in [-0.2, 0) is 14.8 Å². The van der Waals surface area contributed by atoms with Crippen molar-refractivity contribution in [3.8, 4) is 0 Å². The molecule has 9 heteroatoms. The highest BCUT2D eigenvalue weighted by molar-refractivity contribution is 9.11. The zero-order valence-electron chi connectivity index (χ0n) is 13.4. The van der Waals surface area contributed by atoms with Gasteiger partial charge in [0.05, 0.1) is 10.3 Å². The summed E-state index contributed by atoms with van der Waals surface area (Å²) in [7, 11) is -3.42. The Balaban J connectivity index is 1.49. The second-order valence-electron chi connectivity index (χ2n) is 6.29. The van der Waals surface area contributed by atoms with Crippen molar-refractivity contribution in [1.29, 1.82) is 0 Å². The number of piperazine rings is 1. The summed E-state index contributed by atoms with van der Waals surface area (Å²) in [5.74, 6) is 0.0559. The number of carbonyl (C=O) groups excluding carboxylic acids is 1. The highest BCUT2D eigenvalue weighted by Crippen LogP contribution is 2.28. The molecule has 24 heavy (non-hydrogen) atoms. The summed E-state index contributed by atoms with van der Waals surface area (Å²) in [6.07, 6.45) is 4.54. The van der Waals surface area contributed by atoms with E-state index in [0.717, 1.165) is 16.6 Å². The van der Waals surface area contributed by atoms with Crippen molar-refractivity contribution in [2.24, 2.45) is 0 Å². The first kappa shape index (κ1) is 18.3. The van der Waals surface area contributed by atoms with E-state index in [9.17, 15) is 13.2 Å². The van der Waals surface area contributed by atoms with Crippen LogP contribution in [0.5, 0.6) is 0 Å². The number of hydrogen-bond acceptors (Lipinski definition) is 5. The Morgan fingerprint density at radius 2 is 1.88 bits per heavy atom. The van der Waals surface area contributed by atoms with E-state index in [0.29, 0.717) is 43.0 Å². The zero-order chi connectivity index (χ0) is 17.2. The third-order valence-corrected chi connectivity index (χ3v) is 8.55. The molecule has 134 valence electrons.